The van der Waals surface area contributed by atoms with Crippen molar-refractivity contribution in [2.24, 2.45) is 0 Å². The highest BCUT2D eigenvalue weighted by Crippen LogP contribution is 2.25. The van der Waals surface area contributed by atoms with Gasteiger partial charge in [0.1, 0.15) is 0 Å². The van der Waals surface area contributed by atoms with Gasteiger partial charge in [-0.05, 0) is 24.3 Å². The number of pyridine rings is 1. The summed E-state index contributed by atoms with van der Waals surface area (Å²) < 4.78 is 1.67. The van der Waals surface area contributed by atoms with Gasteiger partial charge in [-0.3, -0.25) is 10.1 Å². The quantitative estimate of drug-likeness (QED) is 0.450. The van der Waals surface area contributed by atoms with E-state index < -0.39 is 4.92 Å². The summed E-state index contributed by atoms with van der Waals surface area (Å²) in [4.78, 5) is 15.1. The van der Waals surface area contributed by atoms with Gasteiger partial charge < -0.3 is 5.32 Å². The number of non-ortho nitro benzene ring substituents is 1. The first-order chi connectivity index (χ1) is 12.2. The molecule has 2 aromatic carbocycles. The van der Waals surface area contributed by atoms with E-state index in [2.05, 4.69) is 15.4 Å². The highest BCUT2D eigenvalue weighted by Gasteiger charge is 2.12. The Hall–Kier alpha value is -3.74. The molecule has 0 aliphatic rings. The second-order valence-corrected chi connectivity index (χ2v) is 5.41. The van der Waals surface area contributed by atoms with E-state index in [-0.39, 0.29) is 5.69 Å². The number of benzene rings is 2. The predicted octanol–water partition coefficient (Wildman–Crippen LogP) is 4.05. The molecule has 4 aromatic rings. The van der Waals surface area contributed by atoms with Gasteiger partial charge in [0.2, 0.25) is 5.95 Å². The molecule has 0 aliphatic carbocycles. The van der Waals surface area contributed by atoms with Crippen molar-refractivity contribution >= 4 is 23.0 Å². The molecule has 0 fully saturated rings. The van der Waals surface area contributed by atoms with Crippen molar-refractivity contribution in [1.29, 1.82) is 0 Å². The number of rotatable bonds is 4. The van der Waals surface area contributed by atoms with Crippen LogP contribution in [0.2, 0.25) is 0 Å². The lowest BCUT2D eigenvalue weighted by Crippen LogP contribution is -1.96. The first kappa shape index (κ1) is 14.8. The number of hydrogen-bond donors (Lipinski definition) is 1. The smallest absolute Gasteiger partial charge is 0.270 e. The molecule has 2 heterocycles. The third-order valence-corrected chi connectivity index (χ3v) is 3.74. The highest BCUT2D eigenvalue weighted by atomic mass is 16.6. The van der Waals surface area contributed by atoms with Crippen LogP contribution in [0.3, 0.4) is 0 Å². The molecule has 1 N–H and O–H groups in total. The van der Waals surface area contributed by atoms with Gasteiger partial charge in [-0.2, -0.15) is 4.98 Å². The van der Waals surface area contributed by atoms with Crippen LogP contribution in [-0.4, -0.2) is 19.5 Å². The maximum Gasteiger partial charge on any atom is 0.270 e. The topological polar surface area (TPSA) is 85.4 Å². The molecule has 0 saturated heterocycles. The van der Waals surface area contributed by atoms with Crippen molar-refractivity contribution in [3.63, 3.8) is 0 Å². The minimum absolute atomic E-state index is 0.0391. The molecule has 7 heteroatoms. The van der Waals surface area contributed by atoms with E-state index in [0.29, 0.717) is 17.2 Å². The molecule has 0 atom stereocenters. The lowest BCUT2D eigenvalue weighted by Gasteiger charge is -2.04. The Labute approximate surface area is 142 Å². The number of para-hydroxylation sites is 1. The molecule has 122 valence electrons. The van der Waals surface area contributed by atoms with E-state index in [1.54, 1.807) is 10.6 Å². The van der Waals surface area contributed by atoms with Crippen LogP contribution in [0.1, 0.15) is 0 Å². The standard InChI is InChI=1S/C18H13N5O2/c24-23(25)15-9-4-6-13(12-15)16-10-5-11-17-20-18(21-22(16)17)19-14-7-2-1-3-8-14/h1-12H,(H,19,21). The van der Waals surface area contributed by atoms with Crippen molar-refractivity contribution < 1.29 is 4.92 Å². The van der Waals surface area contributed by atoms with Gasteiger partial charge in [-0.1, -0.05) is 36.4 Å². The van der Waals surface area contributed by atoms with Crippen LogP contribution in [0.25, 0.3) is 16.9 Å². The average Bonchev–Trinajstić information content (AvgIpc) is 3.05. The van der Waals surface area contributed by atoms with Crippen LogP contribution >= 0.6 is 0 Å². The first-order valence-electron chi connectivity index (χ1n) is 7.63. The van der Waals surface area contributed by atoms with Gasteiger partial charge in [0.05, 0.1) is 10.6 Å². The first-order valence-corrected chi connectivity index (χ1v) is 7.63. The molecule has 0 aliphatic heterocycles. The van der Waals surface area contributed by atoms with Crippen LogP contribution in [0, 0.1) is 10.1 Å². The Morgan fingerprint density at radius 2 is 1.76 bits per heavy atom. The van der Waals surface area contributed by atoms with Gasteiger partial charge in [-0.15, -0.1) is 5.10 Å². The lowest BCUT2D eigenvalue weighted by atomic mass is 10.1. The highest BCUT2D eigenvalue weighted by molar-refractivity contribution is 5.66. The van der Waals surface area contributed by atoms with E-state index in [9.17, 15) is 10.1 Å². The van der Waals surface area contributed by atoms with E-state index in [1.807, 2.05) is 54.6 Å². The molecule has 0 unspecified atom stereocenters. The number of nitro benzene ring substituents is 1. The summed E-state index contributed by atoms with van der Waals surface area (Å²) in [5.74, 6) is 0.462. The maximum atomic E-state index is 11.0. The number of fused-ring (bicyclic) bond motifs is 1. The molecule has 0 amide bonds. The number of aromatic nitrogens is 3. The predicted molar refractivity (Wildman–Crippen MR) is 94.8 cm³/mol. The molecule has 2 aromatic heterocycles. The summed E-state index contributed by atoms with van der Waals surface area (Å²) in [5.41, 5.74) is 3.01. The Kier molecular flexibility index (Phi) is 3.59. The number of nitro groups is 1. The minimum Gasteiger partial charge on any atom is -0.323 e. The summed E-state index contributed by atoms with van der Waals surface area (Å²) in [6.07, 6.45) is 0. The second-order valence-electron chi connectivity index (χ2n) is 5.41. The number of hydrogen-bond acceptors (Lipinski definition) is 5. The summed E-state index contributed by atoms with van der Waals surface area (Å²) in [5, 5.41) is 18.6. The molecule has 0 radical (unpaired) electrons. The molecule has 0 bridgehead atoms. The van der Waals surface area contributed by atoms with Gasteiger partial charge in [0, 0.05) is 23.4 Å². The Balaban J connectivity index is 1.78. The average molecular weight is 331 g/mol. The van der Waals surface area contributed by atoms with Crippen molar-refractivity contribution in [3.05, 3.63) is 82.9 Å². The Morgan fingerprint density at radius 3 is 2.56 bits per heavy atom. The van der Waals surface area contributed by atoms with E-state index in [0.717, 1.165) is 11.4 Å². The van der Waals surface area contributed by atoms with Gasteiger partial charge in [-0.25, -0.2) is 4.52 Å². The monoisotopic (exact) mass is 331 g/mol. The van der Waals surface area contributed by atoms with Crippen molar-refractivity contribution in [1.82, 2.24) is 14.6 Å². The van der Waals surface area contributed by atoms with E-state index in [4.69, 9.17) is 0 Å². The fourth-order valence-electron chi connectivity index (χ4n) is 2.61. The maximum absolute atomic E-state index is 11.0. The fraction of sp³-hybridized carbons (Fsp3) is 0. The zero-order chi connectivity index (χ0) is 17.2. The third kappa shape index (κ3) is 2.90. The van der Waals surface area contributed by atoms with E-state index in [1.165, 1.54) is 12.1 Å². The molecule has 7 nitrogen and oxygen atoms in total. The van der Waals surface area contributed by atoms with Crippen molar-refractivity contribution in [3.8, 4) is 11.3 Å². The summed E-state index contributed by atoms with van der Waals surface area (Å²) >= 11 is 0. The Bertz CT molecular complexity index is 1060. The lowest BCUT2D eigenvalue weighted by molar-refractivity contribution is -0.384. The molecule has 4 rings (SSSR count). The van der Waals surface area contributed by atoms with Crippen LogP contribution in [0.15, 0.2) is 72.8 Å². The number of nitrogens with one attached hydrogen (secondary N) is 1. The van der Waals surface area contributed by atoms with Gasteiger partial charge >= 0.3 is 0 Å². The summed E-state index contributed by atoms with van der Waals surface area (Å²) in [6, 6.07) is 21.6. The SMILES string of the molecule is O=[N+]([O-])c1cccc(-c2cccc3nc(Nc4ccccc4)nn23)c1. The Morgan fingerprint density at radius 1 is 0.960 bits per heavy atom. The molecular weight excluding hydrogens is 318 g/mol. The normalized spacial score (nSPS) is 10.7. The second kappa shape index (κ2) is 6.04. The van der Waals surface area contributed by atoms with Crippen molar-refractivity contribution in [2.75, 3.05) is 5.32 Å². The number of anilines is 2. The largest absolute Gasteiger partial charge is 0.323 e. The minimum atomic E-state index is -0.409. The summed E-state index contributed by atoms with van der Waals surface area (Å²) in [6.45, 7) is 0. The number of nitrogens with zero attached hydrogens (tertiary/aromatic N) is 4. The molecule has 0 saturated carbocycles. The van der Waals surface area contributed by atoms with Crippen LogP contribution in [0.5, 0.6) is 0 Å². The van der Waals surface area contributed by atoms with E-state index >= 15 is 0 Å². The van der Waals surface area contributed by atoms with Crippen LogP contribution < -0.4 is 5.32 Å². The third-order valence-electron chi connectivity index (χ3n) is 3.74. The molecular formula is C18H13N5O2. The van der Waals surface area contributed by atoms with Crippen LogP contribution in [0.4, 0.5) is 17.3 Å². The molecule has 25 heavy (non-hydrogen) atoms. The fourth-order valence-corrected chi connectivity index (χ4v) is 2.61. The van der Waals surface area contributed by atoms with Gasteiger partial charge in [0.25, 0.3) is 5.69 Å². The zero-order valence-electron chi connectivity index (χ0n) is 13.0. The van der Waals surface area contributed by atoms with Crippen LogP contribution in [-0.2, 0) is 0 Å². The van der Waals surface area contributed by atoms with Gasteiger partial charge in [0.15, 0.2) is 5.65 Å². The van der Waals surface area contributed by atoms with Crippen molar-refractivity contribution in [2.45, 2.75) is 0 Å². The zero-order valence-corrected chi connectivity index (χ0v) is 13.0. The molecule has 0 spiro atoms. The summed E-state index contributed by atoms with van der Waals surface area (Å²) in [7, 11) is 0.